The summed E-state index contributed by atoms with van der Waals surface area (Å²) in [6, 6.07) is 2.19. The molecule has 1 atom stereocenters. The van der Waals surface area contributed by atoms with Gasteiger partial charge in [0.2, 0.25) is 10.0 Å². The molecular weight excluding hydrogens is 335 g/mol. The lowest BCUT2D eigenvalue weighted by Crippen LogP contribution is -2.19. The molecule has 0 unspecified atom stereocenters. The molecule has 2 rings (SSSR count). The Kier molecular flexibility index (Phi) is 4.22. The van der Waals surface area contributed by atoms with E-state index in [0.717, 1.165) is 6.07 Å². The molecule has 0 aliphatic rings. The summed E-state index contributed by atoms with van der Waals surface area (Å²) in [6.07, 6.45) is -4.89. The van der Waals surface area contributed by atoms with Gasteiger partial charge in [-0.25, -0.2) is 13.6 Å². The molecule has 126 valence electrons. The lowest BCUT2D eigenvalue weighted by molar-refractivity contribution is -0.139. The Labute approximate surface area is 130 Å². The predicted molar refractivity (Wildman–Crippen MR) is 75.4 cm³/mol. The number of primary sulfonamides is 1. The van der Waals surface area contributed by atoms with Crippen molar-refractivity contribution in [3.05, 3.63) is 29.6 Å². The van der Waals surface area contributed by atoms with Gasteiger partial charge in [-0.2, -0.15) is 13.2 Å². The number of hydrogen-bond donors (Lipinski definition) is 2. The fourth-order valence-electron chi connectivity index (χ4n) is 2.13. The van der Waals surface area contributed by atoms with Gasteiger partial charge < -0.3 is 10.3 Å². The first-order valence-electron chi connectivity index (χ1n) is 6.32. The van der Waals surface area contributed by atoms with Gasteiger partial charge in [0.25, 0.3) is 0 Å². The zero-order chi connectivity index (χ0) is 17.6. The Bertz CT molecular complexity index is 843. The Morgan fingerprint density at radius 3 is 2.30 bits per heavy atom. The summed E-state index contributed by atoms with van der Waals surface area (Å²) in [5.41, 5.74) is 4.38. The monoisotopic (exact) mass is 349 g/mol. The lowest BCUT2D eigenvalue weighted by Gasteiger charge is -2.13. The molecule has 0 aliphatic heterocycles. The third-order valence-electron chi connectivity index (χ3n) is 3.17. The van der Waals surface area contributed by atoms with Crippen LogP contribution in [0.3, 0.4) is 0 Å². The first-order chi connectivity index (χ1) is 10.4. The van der Waals surface area contributed by atoms with Crippen molar-refractivity contribution in [1.82, 2.24) is 14.8 Å². The van der Waals surface area contributed by atoms with Crippen LogP contribution in [0.25, 0.3) is 11.4 Å². The minimum absolute atomic E-state index is 0.0478. The van der Waals surface area contributed by atoms with Gasteiger partial charge in [-0.15, -0.1) is 10.2 Å². The Morgan fingerprint density at radius 1 is 1.26 bits per heavy atom. The molecule has 0 bridgehead atoms. The first-order valence-corrected chi connectivity index (χ1v) is 7.87. The van der Waals surface area contributed by atoms with E-state index in [4.69, 9.17) is 10.9 Å². The van der Waals surface area contributed by atoms with Crippen LogP contribution in [-0.4, -0.2) is 23.2 Å². The van der Waals surface area contributed by atoms with Crippen LogP contribution in [0.2, 0.25) is 0 Å². The summed E-state index contributed by atoms with van der Waals surface area (Å²) < 4.78 is 63.5. The number of alkyl halides is 3. The van der Waals surface area contributed by atoms with E-state index in [1.165, 1.54) is 10.6 Å². The van der Waals surface area contributed by atoms with Gasteiger partial charge in [0.15, 0.2) is 5.82 Å². The van der Waals surface area contributed by atoms with Crippen LogP contribution < -0.4 is 10.9 Å². The van der Waals surface area contributed by atoms with Crippen LogP contribution in [0.15, 0.2) is 23.1 Å². The topological polar surface area (TPSA) is 117 Å². The molecule has 1 aromatic carbocycles. The molecule has 2 aromatic rings. The third-order valence-corrected chi connectivity index (χ3v) is 4.13. The standard InChI is InChI=1S/C12H14F3N5O2S/c1-6(16)10-18-19-11(20(10)2)7-3-4-9(23(17,21)22)8(5-7)12(13,14)15/h3-6H,16H2,1-2H3,(H2,17,21,22)/t6-/m1/s1. The molecule has 0 saturated heterocycles. The van der Waals surface area contributed by atoms with E-state index in [0.29, 0.717) is 11.9 Å². The van der Waals surface area contributed by atoms with E-state index in [1.54, 1.807) is 14.0 Å². The lowest BCUT2D eigenvalue weighted by atomic mass is 10.1. The van der Waals surface area contributed by atoms with Crippen molar-refractivity contribution in [3.63, 3.8) is 0 Å². The zero-order valence-electron chi connectivity index (χ0n) is 12.2. The summed E-state index contributed by atoms with van der Waals surface area (Å²) in [5.74, 6) is 0.507. The zero-order valence-corrected chi connectivity index (χ0v) is 13.0. The maximum atomic E-state index is 13.1. The maximum Gasteiger partial charge on any atom is 0.417 e. The second kappa shape index (κ2) is 5.58. The molecule has 23 heavy (non-hydrogen) atoms. The number of rotatable bonds is 3. The van der Waals surface area contributed by atoms with E-state index in [1.807, 2.05) is 0 Å². The minimum atomic E-state index is -4.89. The number of nitrogens with two attached hydrogens (primary N) is 2. The van der Waals surface area contributed by atoms with E-state index in [-0.39, 0.29) is 11.4 Å². The van der Waals surface area contributed by atoms with Crippen LogP contribution in [0.1, 0.15) is 24.4 Å². The largest absolute Gasteiger partial charge is 0.417 e. The molecule has 11 heteroatoms. The molecule has 0 saturated carbocycles. The summed E-state index contributed by atoms with van der Waals surface area (Å²) in [5, 5.41) is 12.5. The molecule has 4 N–H and O–H groups in total. The van der Waals surface area contributed by atoms with Crippen molar-refractivity contribution in [2.75, 3.05) is 0 Å². The maximum absolute atomic E-state index is 13.1. The van der Waals surface area contributed by atoms with Crippen molar-refractivity contribution >= 4 is 10.0 Å². The van der Waals surface area contributed by atoms with E-state index < -0.39 is 32.7 Å². The first kappa shape index (κ1) is 17.4. The van der Waals surface area contributed by atoms with Crippen molar-refractivity contribution < 1.29 is 21.6 Å². The number of sulfonamides is 1. The fraction of sp³-hybridized carbons (Fsp3) is 0.333. The van der Waals surface area contributed by atoms with Crippen LogP contribution >= 0.6 is 0 Å². The van der Waals surface area contributed by atoms with Gasteiger partial charge in [-0.3, -0.25) is 0 Å². The smallest absolute Gasteiger partial charge is 0.322 e. The molecule has 0 radical (unpaired) electrons. The van der Waals surface area contributed by atoms with Crippen LogP contribution in [0, 0.1) is 0 Å². The predicted octanol–water partition coefficient (Wildman–Crippen LogP) is 1.17. The summed E-state index contributed by atoms with van der Waals surface area (Å²) >= 11 is 0. The van der Waals surface area contributed by atoms with Crippen LogP contribution in [-0.2, 0) is 23.2 Å². The highest BCUT2D eigenvalue weighted by Gasteiger charge is 2.37. The van der Waals surface area contributed by atoms with Crippen LogP contribution in [0.4, 0.5) is 13.2 Å². The van der Waals surface area contributed by atoms with Crippen molar-refractivity contribution in [3.8, 4) is 11.4 Å². The molecule has 1 heterocycles. The number of nitrogens with zero attached hydrogens (tertiary/aromatic N) is 3. The van der Waals surface area contributed by atoms with Gasteiger partial charge in [0.05, 0.1) is 16.5 Å². The summed E-state index contributed by atoms with van der Waals surface area (Å²) in [6.45, 7) is 1.65. The Morgan fingerprint density at radius 2 is 1.87 bits per heavy atom. The average Bonchev–Trinajstić information content (AvgIpc) is 2.78. The molecule has 0 aliphatic carbocycles. The summed E-state index contributed by atoms with van der Waals surface area (Å²) in [7, 11) is -2.97. The summed E-state index contributed by atoms with van der Waals surface area (Å²) in [4.78, 5) is -0.997. The number of hydrogen-bond acceptors (Lipinski definition) is 5. The third kappa shape index (κ3) is 3.35. The highest BCUT2D eigenvalue weighted by Crippen LogP contribution is 2.36. The number of aromatic nitrogens is 3. The molecule has 1 aromatic heterocycles. The van der Waals surface area contributed by atoms with Gasteiger partial charge in [0.1, 0.15) is 5.82 Å². The highest BCUT2D eigenvalue weighted by molar-refractivity contribution is 7.89. The van der Waals surface area contributed by atoms with Crippen molar-refractivity contribution in [2.24, 2.45) is 17.9 Å². The highest BCUT2D eigenvalue weighted by atomic mass is 32.2. The van der Waals surface area contributed by atoms with E-state index in [9.17, 15) is 21.6 Å². The van der Waals surface area contributed by atoms with Gasteiger partial charge in [-0.1, -0.05) is 0 Å². The van der Waals surface area contributed by atoms with Crippen LogP contribution in [0.5, 0.6) is 0 Å². The normalized spacial score (nSPS) is 14.0. The average molecular weight is 349 g/mol. The SMILES string of the molecule is C[C@@H](N)c1nnc(-c2ccc(S(N)(=O)=O)c(C(F)(F)F)c2)n1C. The van der Waals surface area contributed by atoms with E-state index >= 15 is 0 Å². The minimum Gasteiger partial charge on any atom is -0.322 e. The second-order valence-corrected chi connectivity index (χ2v) is 6.51. The second-order valence-electron chi connectivity index (χ2n) is 4.98. The fourth-order valence-corrected chi connectivity index (χ4v) is 2.87. The molecular formula is C12H14F3N5O2S. The Hall–Kier alpha value is -1.98. The van der Waals surface area contributed by atoms with E-state index in [2.05, 4.69) is 10.2 Å². The van der Waals surface area contributed by atoms with Gasteiger partial charge >= 0.3 is 6.18 Å². The Balaban J connectivity index is 2.68. The number of halogens is 3. The van der Waals surface area contributed by atoms with Crippen molar-refractivity contribution in [2.45, 2.75) is 24.0 Å². The quantitative estimate of drug-likeness (QED) is 0.862. The van der Waals surface area contributed by atoms with Gasteiger partial charge in [-0.05, 0) is 25.1 Å². The van der Waals surface area contributed by atoms with Gasteiger partial charge in [0, 0.05) is 12.6 Å². The molecule has 0 fully saturated rings. The molecule has 0 spiro atoms. The molecule has 0 amide bonds. The number of benzene rings is 1. The molecule has 7 nitrogen and oxygen atoms in total. The van der Waals surface area contributed by atoms with Crippen molar-refractivity contribution in [1.29, 1.82) is 0 Å².